The highest BCUT2D eigenvalue weighted by Gasteiger charge is 2.06. The molecule has 0 spiro atoms. The standard InChI is InChI=1S/C20H18ClN3O/c21-16-6-4-5-15(13-16)11-12-22-20(25)19-10-9-18(14-23-19)24-17-7-2-1-3-8-17/h1-10,13-14,24H,11-12H2,(H,22,25). The molecule has 5 heteroatoms. The molecule has 0 aliphatic carbocycles. The fourth-order valence-electron chi connectivity index (χ4n) is 2.39. The smallest absolute Gasteiger partial charge is 0.269 e. The number of rotatable bonds is 6. The number of aromatic nitrogens is 1. The summed E-state index contributed by atoms with van der Waals surface area (Å²) in [7, 11) is 0. The van der Waals surface area contributed by atoms with E-state index in [-0.39, 0.29) is 5.91 Å². The zero-order valence-corrected chi connectivity index (χ0v) is 14.3. The van der Waals surface area contributed by atoms with Gasteiger partial charge < -0.3 is 10.6 Å². The lowest BCUT2D eigenvalue weighted by Gasteiger charge is -2.08. The van der Waals surface area contributed by atoms with Crippen LogP contribution in [0.4, 0.5) is 11.4 Å². The molecule has 0 radical (unpaired) electrons. The van der Waals surface area contributed by atoms with Crippen molar-refractivity contribution in [3.8, 4) is 0 Å². The van der Waals surface area contributed by atoms with Crippen LogP contribution < -0.4 is 10.6 Å². The second-order valence-electron chi connectivity index (χ2n) is 5.56. The maximum absolute atomic E-state index is 12.2. The number of carbonyl (C=O) groups is 1. The van der Waals surface area contributed by atoms with Crippen molar-refractivity contribution in [2.24, 2.45) is 0 Å². The van der Waals surface area contributed by atoms with Crippen molar-refractivity contribution in [2.75, 3.05) is 11.9 Å². The van der Waals surface area contributed by atoms with Gasteiger partial charge in [0.2, 0.25) is 0 Å². The van der Waals surface area contributed by atoms with Gasteiger partial charge in [0.25, 0.3) is 5.91 Å². The van der Waals surface area contributed by atoms with E-state index < -0.39 is 0 Å². The number of benzene rings is 2. The van der Waals surface area contributed by atoms with Gasteiger partial charge in [0.15, 0.2) is 0 Å². The van der Waals surface area contributed by atoms with Gasteiger partial charge in [0.05, 0.1) is 11.9 Å². The molecule has 3 rings (SSSR count). The zero-order valence-electron chi connectivity index (χ0n) is 13.6. The van der Waals surface area contributed by atoms with Crippen molar-refractivity contribution in [1.82, 2.24) is 10.3 Å². The van der Waals surface area contributed by atoms with Crippen LogP contribution in [-0.4, -0.2) is 17.4 Å². The van der Waals surface area contributed by atoms with Gasteiger partial charge in [-0.05, 0) is 48.4 Å². The Morgan fingerprint density at radius 2 is 1.80 bits per heavy atom. The number of nitrogens with zero attached hydrogens (tertiary/aromatic N) is 1. The van der Waals surface area contributed by atoms with Gasteiger partial charge in [-0.25, -0.2) is 4.98 Å². The fraction of sp³-hybridized carbons (Fsp3) is 0.100. The third-order valence-corrected chi connectivity index (χ3v) is 3.88. The van der Waals surface area contributed by atoms with Crippen molar-refractivity contribution in [2.45, 2.75) is 6.42 Å². The predicted octanol–water partition coefficient (Wildman–Crippen LogP) is 4.45. The lowest BCUT2D eigenvalue weighted by atomic mass is 10.1. The second kappa shape index (κ2) is 8.31. The van der Waals surface area contributed by atoms with Crippen molar-refractivity contribution < 1.29 is 4.79 Å². The van der Waals surface area contributed by atoms with Crippen molar-refractivity contribution >= 4 is 28.9 Å². The number of amides is 1. The average Bonchev–Trinajstić information content (AvgIpc) is 2.63. The molecule has 0 atom stereocenters. The highest BCUT2D eigenvalue weighted by Crippen LogP contribution is 2.15. The summed E-state index contributed by atoms with van der Waals surface area (Å²) < 4.78 is 0. The lowest BCUT2D eigenvalue weighted by Crippen LogP contribution is -2.26. The molecule has 1 aromatic heterocycles. The van der Waals surface area contributed by atoms with Gasteiger partial charge in [0.1, 0.15) is 5.69 Å². The van der Waals surface area contributed by atoms with E-state index in [1.807, 2.05) is 60.7 Å². The van der Waals surface area contributed by atoms with Crippen LogP contribution in [0.25, 0.3) is 0 Å². The second-order valence-corrected chi connectivity index (χ2v) is 6.00. The molecule has 0 saturated carbocycles. The number of hydrogen-bond acceptors (Lipinski definition) is 3. The van der Waals surface area contributed by atoms with Crippen LogP contribution in [0, 0.1) is 0 Å². The number of para-hydroxylation sites is 1. The summed E-state index contributed by atoms with van der Waals surface area (Å²) >= 11 is 5.95. The van der Waals surface area contributed by atoms with Gasteiger partial charge in [-0.1, -0.05) is 41.9 Å². The minimum Gasteiger partial charge on any atom is -0.354 e. The molecule has 0 aliphatic heterocycles. The Balaban J connectivity index is 1.52. The first-order chi connectivity index (χ1) is 12.2. The summed E-state index contributed by atoms with van der Waals surface area (Å²) in [6.45, 7) is 0.533. The van der Waals surface area contributed by atoms with E-state index in [2.05, 4.69) is 15.6 Å². The number of carbonyl (C=O) groups excluding carboxylic acids is 1. The van der Waals surface area contributed by atoms with E-state index in [4.69, 9.17) is 11.6 Å². The van der Waals surface area contributed by atoms with Crippen LogP contribution in [0.3, 0.4) is 0 Å². The molecule has 0 bridgehead atoms. The Hall–Kier alpha value is -2.85. The predicted molar refractivity (Wildman–Crippen MR) is 101 cm³/mol. The van der Waals surface area contributed by atoms with Crippen LogP contribution in [0.15, 0.2) is 72.9 Å². The summed E-state index contributed by atoms with van der Waals surface area (Å²) in [5.74, 6) is -0.187. The summed E-state index contributed by atoms with van der Waals surface area (Å²) in [6, 6.07) is 21.0. The van der Waals surface area contributed by atoms with E-state index in [1.165, 1.54) is 0 Å². The molecule has 1 amide bonds. The van der Waals surface area contributed by atoms with E-state index in [1.54, 1.807) is 12.3 Å². The summed E-state index contributed by atoms with van der Waals surface area (Å²) in [5.41, 5.74) is 3.29. The fourth-order valence-corrected chi connectivity index (χ4v) is 2.61. The number of pyridine rings is 1. The van der Waals surface area contributed by atoms with Gasteiger partial charge in [-0.2, -0.15) is 0 Å². The molecule has 25 heavy (non-hydrogen) atoms. The molecule has 0 fully saturated rings. The normalized spacial score (nSPS) is 10.3. The Morgan fingerprint density at radius 3 is 2.52 bits per heavy atom. The molecule has 2 aromatic carbocycles. The average molecular weight is 352 g/mol. The quantitative estimate of drug-likeness (QED) is 0.689. The minimum atomic E-state index is -0.187. The third kappa shape index (κ3) is 5.06. The third-order valence-electron chi connectivity index (χ3n) is 3.65. The molecule has 126 valence electrons. The zero-order chi connectivity index (χ0) is 17.5. The van der Waals surface area contributed by atoms with Crippen LogP contribution in [0.1, 0.15) is 16.1 Å². The molecule has 0 unspecified atom stereocenters. The van der Waals surface area contributed by atoms with Crippen molar-refractivity contribution in [3.63, 3.8) is 0 Å². The highest BCUT2D eigenvalue weighted by molar-refractivity contribution is 6.30. The van der Waals surface area contributed by atoms with Crippen LogP contribution >= 0.6 is 11.6 Å². The first-order valence-electron chi connectivity index (χ1n) is 8.01. The van der Waals surface area contributed by atoms with E-state index >= 15 is 0 Å². The minimum absolute atomic E-state index is 0.187. The van der Waals surface area contributed by atoms with Crippen molar-refractivity contribution in [3.05, 3.63) is 89.2 Å². The van der Waals surface area contributed by atoms with Crippen molar-refractivity contribution in [1.29, 1.82) is 0 Å². The molecule has 3 aromatic rings. The summed E-state index contributed by atoms with van der Waals surface area (Å²) in [6.07, 6.45) is 2.37. The van der Waals surface area contributed by atoms with Gasteiger partial charge in [0, 0.05) is 17.3 Å². The number of nitrogens with one attached hydrogen (secondary N) is 2. The first-order valence-corrected chi connectivity index (χ1v) is 8.39. The topological polar surface area (TPSA) is 54.0 Å². The van der Waals surface area contributed by atoms with Gasteiger partial charge in [-0.3, -0.25) is 4.79 Å². The summed E-state index contributed by atoms with van der Waals surface area (Å²) in [4.78, 5) is 16.4. The molecule has 2 N–H and O–H groups in total. The van der Waals surface area contributed by atoms with E-state index in [9.17, 15) is 4.79 Å². The molecule has 0 saturated heterocycles. The molecule has 4 nitrogen and oxygen atoms in total. The van der Waals surface area contributed by atoms with Gasteiger partial charge >= 0.3 is 0 Å². The SMILES string of the molecule is O=C(NCCc1cccc(Cl)c1)c1ccc(Nc2ccccc2)cn1. The number of anilines is 2. The van der Waals surface area contributed by atoms with Crippen LogP contribution in [0.5, 0.6) is 0 Å². The van der Waals surface area contributed by atoms with Crippen LogP contribution in [-0.2, 0) is 6.42 Å². The number of halogens is 1. The Labute approximate surface area is 151 Å². The highest BCUT2D eigenvalue weighted by atomic mass is 35.5. The molecule has 1 heterocycles. The molecular weight excluding hydrogens is 334 g/mol. The largest absolute Gasteiger partial charge is 0.354 e. The Bertz CT molecular complexity index is 835. The maximum Gasteiger partial charge on any atom is 0.269 e. The number of hydrogen-bond donors (Lipinski definition) is 2. The Kier molecular flexibility index (Phi) is 5.65. The monoisotopic (exact) mass is 351 g/mol. The maximum atomic E-state index is 12.2. The molecular formula is C20H18ClN3O. The Morgan fingerprint density at radius 1 is 0.960 bits per heavy atom. The lowest BCUT2D eigenvalue weighted by molar-refractivity contribution is 0.0949. The van der Waals surface area contributed by atoms with E-state index in [0.717, 1.165) is 23.4 Å². The first kappa shape index (κ1) is 17.0. The van der Waals surface area contributed by atoms with Gasteiger partial charge in [-0.15, -0.1) is 0 Å². The van der Waals surface area contributed by atoms with E-state index in [0.29, 0.717) is 17.3 Å². The summed E-state index contributed by atoms with van der Waals surface area (Å²) in [5, 5.41) is 6.81. The van der Waals surface area contributed by atoms with Crippen LogP contribution in [0.2, 0.25) is 5.02 Å². The molecule has 0 aliphatic rings.